The normalized spacial score (nSPS) is 15.6. The van der Waals surface area contributed by atoms with Gasteiger partial charge in [0.15, 0.2) is 11.3 Å². The molecule has 3 aromatic heterocycles. The maximum Gasteiger partial charge on any atom is 0.284 e. The molecule has 0 bridgehead atoms. The van der Waals surface area contributed by atoms with E-state index in [1.807, 2.05) is 0 Å². The maximum atomic E-state index is 13.4. The van der Waals surface area contributed by atoms with Crippen LogP contribution >= 0.6 is 11.6 Å². The van der Waals surface area contributed by atoms with Crippen molar-refractivity contribution in [1.82, 2.24) is 24.4 Å². The lowest BCUT2D eigenvalue weighted by atomic mass is 9.96. The number of hydrogen-bond donors (Lipinski definition) is 1. The standard InChI is InChI=1S/C17H17ClF2N6O/c18-10-6-21-16-12(7-22-26(16)8-10)17(27)23-13-9-25(24-14(13)15(19)20)11-4-2-1-3-5-11/h6-9,11,15H,1-5H2,(H,23,27). The quantitative estimate of drug-likeness (QED) is 0.716. The van der Waals surface area contributed by atoms with Crippen molar-refractivity contribution in [2.24, 2.45) is 0 Å². The van der Waals surface area contributed by atoms with E-state index in [1.54, 1.807) is 4.68 Å². The summed E-state index contributed by atoms with van der Waals surface area (Å²) in [5.41, 5.74) is 0.0303. The summed E-state index contributed by atoms with van der Waals surface area (Å²) in [5, 5.41) is 11.0. The summed E-state index contributed by atoms with van der Waals surface area (Å²) in [7, 11) is 0. The first kappa shape index (κ1) is 17.8. The predicted octanol–water partition coefficient (Wildman–Crippen LogP) is 4.27. The smallest absolute Gasteiger partial charge is 0.284 e. The van der Waals surface area contributed by atoms with Crippen molar-refractivity contribution in [3.63, 3.8) is 0 Å². The summed E-state index contributed by atoms with van der Waals surface area (Å²) in [6.45, 7) is 0. The van der Waals surface area contributed by atoms with Gasteiger partial charge in [-0.1, -0.05) is 30.9 Å². The molecule has 0 unspecified atom stereocenters. The van der Waals surface area contributed by atoms with Gasteiger partial charge in [-0.15, -0.1) is 0 Å². The summed E-state index contributed by atoms with van der Waals surface area (Å²) >= 11 is 5.85. The minimum absolute atomic E-state index is 0.00823. The number of aromatic nitrogens is 5. The molecule has 3 aromatic rings. The number of fused-ring (bicyclic) bond motifs is 1. The number of carbonyl (C=O) groups excluding carboxylic acids is 1. The van der Waals surface area contributed by atoms with Gasteiger partial charge in [-0.3, -0.25) is 9.48 Å². The van der Waals surface area contributed by atoms with Gasteiger partial charge in [-0.05, 0) is 12.8 Å². The van der Waals surface area contributed by atoms with Gasteiger partial charge in [0.25, 0.3) is 12.3 Å². The molecule has 0 spiro atoms. The molecule has 1 aliphatic carbocycles. The van der Waals surface area contributed by atoms with Gasteiger partial charge in [0.2, 0.25) is 0 Å². The molecule has 10 heteroatoms. The van der Waals surface area contributed by atoms with Gasteiger partial charge < -0.3 is 5.32 Å². The highest BCUT2D eigenvalue weighted by Crippen LogP contribution is 2.32. The predicted molar refractivity (Wildman–Crippen MR) is 95.3 cm³/mol. The highest BCUT2D eigenvalue weighted by molar-refractivity contribution is 6.30. The Hall–Kier alpha value is -2.55. The molecule has 1 fully saturated rings. The first-order valence-corrected chi connectivity index (χ1v) is 9.08. The van der Waals surface area contributed by atoms with Crippen LogP contribution in [-0.2, 0) is 0 Å². The molecule has 1 saturated carbocycles. The van der Waals surface area contributed by atoms with Crippen LogP contribution in [0.3, 0.4) is 0 Å². The molecule has 3 heterocycles. The summed E-state index contributed by atoms with van der Waals surface area (Å²) in [6, 6.07) is 0.0858. The van der Waals surface area contributed by atoms with E-state index in [9.17, 15) is 13.6 Å². The van der Waals surface area contributed by atoms with Gasteiger partial charge in [0, 0.05) is 12.4 Å². The van der Waals surface area contributed by atoms with Crippen molar-refractivity contribution in [2.45, 2.75) is 44.6 Å². The van der Waals surface area contributed by atoms with Gasteiger partial charge in [0.1, 0.15) is 5.56 Å². The Kier molecular flexibility index (Phi) is 4.77. The number of hydrogen-bond acceptors (Lipinski definition) is 4. The summed E-state index contributed by atoms with van der Waals surface area (Å²) in [4.78, 5) is 16.7. The molecular weight excluding hydrogens is 378 g/mol. The topological polar surface area (TPSA) is 77.1 Å². The zero-order valence-electron chi connectivity index (χ0n) is 14.3. The zero-order valence-corrected chi connectivity index (χ0v) is 15.0. The summed E-state index contributed by atoms with van der Waals surface area (Å²) in [6.07, 6.45) is 7.97. The Labute approximate surface area is 158 Å². The average molecular weight is 395 g/mol. The maximum absolute atomic E-state index is 13.4. The lowest BCUT2D eigenvalue weighted by Gasteiger charge is -2.21. The van der Waals surface area contributed by atoms with Crippen molar-refractivity contribution < 1.29 is 13.6 Å². The Bertz CT molecular complexity index is 979. The van der Waals surface area contributed by atoms with Crippen molar-refractivity contribution >= 4 is 28.8 Å². The largest absolute Gasteiger partial charge is 0.319 e. The van der Waals surface area contributed by atoms with Crippen molar-refractivity contribution in [1.29, 1.82) is 0 Å². The molecular formula is C17H17ClF2N6O. The van der Waals surface area contributed by atoms with Crippen molar-refractivity contribution in [2.75, 3.05) is 5.32 Å². The van der Waals surface area contributed by atoms with Crippen LogP contribution in [0.2, 0.25) is 5.02 Å². The van der Waals surface area contributed by atoms with Crippen LogP contribution in [0, 0.1) is 0 Å². The molecule has 0 aliphatic heterocycles. The first-order valence-electron chi connectivity index (χ1n) is 8.70. The van der Waals surface area contributed by atoms with E-state index in [0.717, 1.165) is 32.1 Å². The van der Waals surface area contributed by atoms with Crippen LogP contribution in [0.25, 0.3) is 5.65 Å². The summed E-state index contributed by atoms with van der Waals surface area (Å²) < 4.78 is 29.8. The molecule has 7 nitrogen and oxygen atoms in total. The van der Waals surface area contributed by atoms with E-state index < -0.39 is 18.0 Å². The van der Waals surface area contributed by atoms with Gasteiger partial charge in [-0.2, -0.15) is 10.2 Å². The molecule has 0 atom stereocenters. The fourth-order valence-electron chi connectivity index (χ4n) is 3.40. The molecule has 4 rings (SSSR count). The van der Waals surface area contributed by atoms with Crippen LogP contribution in [0.5, 0.6) is 0 Å². The first-order chi connectivity index (χ1) is 13.0. The van der Waals surface area contributed by atoms with Crippen LogP contribution in [0.1, 0.15) is 60.6 Å². The van der Waals surface area contributed by atoms with E-state index in [1.165, 1.54) is 29.3 Å². The molecule has 0 saturated heterocycles. The van der Waals surface area contributed by atoms with Crippen LogP contribution < -0.4 is 5.32 Å². The highest BCUT2D eigenvalue weighted by atomic mass is 35.5. The third-order valence-corrected chi connectivity index (χ3v) is 4.93. The number of nitrogens with one attached hydrogen (secondary N) is 1. The SMILES string of the molecule is O=C(Nc1cn(C2CCCCC2)nc1C(F)F)c1cnn2cc(Cl)cnc12. The Morgan fingerprint density at radius 1 is 1.22 bits per heavy atom. The minimum Gasteiger partial charge on any atom is -0.319 e. The second-order valence-corrected chi connectivity index (χ2v) is 6.99. The Morgan fingerprint density at radius 3 is 2.74 bits per heavy atom. The van der Waals surface area contributed by atoms with Crippen LogP contribution in [0.4, 0.5) is 14.5 Å². The highest BCUT2D eigenvalue weighted by Gasteiger charge is 2.25. The van der Waals surface area contributed by atoms with Crippen LogP contribution in [-0.4, -0.2) is 30.3 Å². The number of halogens is 3. The Balaban J connectivity index is 1.62. The van der Waals surface area contributed by atoms with E-state index in [-0.39, 0.29) is 22.9 Å². The number of carbonyl (C=O) groups is 1. The molecule has 27 heavy (non-hydrogen) atoms. The summed E-state index contributed by atoms with van der Waals surface area (Å²) in [5.74, 6) is -0.579. The monoisotopic (exact) mass is 394 g/mol. The van der Waals surface area contributed by atoms with Crippen molar-refractivity contribution in [3.8, 4) is 0 Å². The van der Waals surface area contributed by atoms with Gasteiger partial charge in [-0.25, -0.2) is 18.3 Å². The lowest BCUT2D eigenvalue weighted by molar-refractivity contribution is 0.102. The Morgan fingerprint density at radius 2 is 2.00 bits per heavy atom. The van der Waals surface area contributed by atoms with Crippen molar-refractivity contribution in [3.05, 3.63) is 41.1 Å². The fourth-order valence-corrected chi connectivity index (χ4v) is 3.54. The molecule has 0 radical (unpaired) electrons. The number of rotatable bonds is 4. The zero-order chi connectivity index (χ0) is 19.0. The fraction of sp³-hybridized carbons (Fsp3) is 0.412. The van der Waals surface area contributed by atoms with Crippen LogP contribution in [0.15, 0.2) is 24.8 Å². The molecule has 1 N–H and O–H groups in total. The molecule has 1 amide bonds. The second-order valence-electron chi connectivity index (χ2n) is 6.55. The van der Waals surface area contributed by atoms with E-state index in [2.05, 4.69) is 20.5 Å². The minimum atomic E-state index is -2.79. The van der Waals surface area contributed by atoms with Gasteiger partial charge in [0.05, 0.1) is 29.1 Å². The number of amides is 1. The molecule has 0 aromatic carbocycles. The number of nitrogens with zero attached hydrogens (tertiary/aromatic N) is 5. The van der Waals surface area contributed by atoms with E-state index >= 15 is 0 Å². The van der Waals surface area contributed by atoms with E-state index in [0.29, 0.717) is 5.02 Å². The van der Waals surface area contributed by atoms with Gasteiger partial charge >= 0.3 is 0 Å². The second kappa shape index (κ2) is 7.22. The molecule has 1 aliphatic rings. The van der Waals surface area contributed by atoms with E-state index in [4.69, 9.17) is 11.6 Å². The molecule has 142 valence electrons. The average Bonchev–Trinajstić information content (AvgIpc) is 3.26. The third-order valence-electron chi connectivity index (χ3n) is 4.73. The lowest BCUT2D eigenvalue weighted by Crippen LogP contribution is -2.13. The number of alkyl halides is 2. The number of anilines is 1. The third kappa shape index (κ3) is 3.51.